The van der Waals surface area contributed by atoms with Gasteiger partial charge in [0.1, 0.15) is 5.82 Å². The van der Waals surface area contributed by atoms with Gasteiger partial charge in [0.2, 0.25) is 5.82 Å². The second-order valence-corrected chi connectivity index (χ2v) is 5.22. The van der Waals surface area contributed by atoms with Crippen molar-refractivity contribution in [2.24, 2.45) is 0 Å². The summed E-state index contributed by atoms with van der Waals surface area (Å²) in [4.78, 5) is 9.83. The van der Waals surface area contributed by atoms with Crippen LogP contribution in [0.25, 0.3) is 0 Å². The third-order valence-corrected chi connectivity index (χ3v) is 3.75. The summed E-state index contributed by atoms with van der Waals surface area (Å²) in [5, 5.41) is 13.9. The highest BCUT2D eigenvalue weighted by molar-refractivity contribution is 5.37. The maximum Gasteiger partial charge on any atom is 0.305 e. The van der Waals surface area contributed by atoms with Crippen LogP contribution in [0.1, 0.15) is 44.1 Å². The Morgan fingerprint density at radius 2 is 1.80 bits per heavy atom. The second kappa shape index (κ2) is 6.74. The van der Waals surface area contributed by atoms with Crippen molar-refractivity contribution in [1.29, 1.82) is 0 Å². The molecule has 0 saturated heterocycles. The van der Waals surface area contributed by atoms with Crippen molar-refractivity contribution in [1.82, 2.24) is 5.32 Å². The number of hydrogen-bond acceptors (Lipinski definition) is 3. The summed E-state index contributed by atoms with van der Waals surface area (Å²) in [6.45, 7) is 0.192. The Labute approximate surface area is 116 Å². The van der Waals surface area contributed by atoms with Gasteiger partial charge in [-0.05, 0) is 12.8 Å². The molecule has 1 fully saturated rings. The van der Waals surface area contributed by atoms with Crippen molar-refractivity contribution in [3.63, 3.8) is 0 Å². The number of nitrogens with zero attached hydrogens (tertiary/aromatic N) is 1. The lowest BCUT2D eigenvalue weighted by atomic mass is 10.1. The first-order valence-corrected chi connectivity index (χ1v) is 6.93. The molecule has 1 aromatic carbocycles. The van der Waals surface area contributed by atoms with Crippen LogP contribution in [0.4, 0.5) is 14.5 Å². The van der Waals surface area contributed by atoms with E-state index in [1.807, 2.05) is 0 Å². The molecule has 0 bridgehead atoms. The predicted molar refractivity (Wildman–Crippen MR) is 71.3 cm³/mol. The highest BCUT2D eigenvalue weighted by atomic mass is 19.1. The number of rotatable bonds is 4. The van der Waals surface area contributed by atoms with Crippen LogP contribution in [0.3, 0.4) is 0 Å². The van der Waals surface area contributed by atoms with Crippen molar-refractivity contribution in [3.8, 4) is 0 Å². The van der Waals surface area contributed by atoms with Gasteiger partial charge in [-0.2, -0.15) is 4.39 Å². The molecule has 1 N–H and O–H groups in total. The maximum atomic E-state index is 13.6. The van der Waals surface area contributed by atoms with Crippen LogP contribution in [0, 0.1) is 21.7 Å². The topological polar surface area (TPSA) is 55.2 Å². The van der Waals surface area contributed by atoms with Crippen LogP contribution in [0.5, 0.6) is 0 Å². The maximum absolute atomic E-state index is 13.6. The van der Waals surface area contributed by atoms with Crippen molar-refractivity contribution in [2.45, 2.75) is 51.1 Å². The van der Waals surface area contributed by atoms with E-state index >= 15 is 0 Å². The number of nitrogens with one attached hydrogen (secondary N) is 1. The molecule has 6 heteroatoms. The fourth-order valence-corrected chi connectivity index (χ4v) is 2.59. The van der Waals surface area contributed by atoms with Gasteiger partial charge < -0.3 is 5.32 Å². The number of nitro benzene ring substituents is 1. The van der Waals surface area contributed by atoms with Gasteiger partial charge in [0.05, 0.1) is 4.92 Å². The lowest BCUT2D eigenvalue weighted by molar-refractivity contribution is -0.387. The predicted octanol–water partition coefficient (Wildman–Crippen LogP) is 3.69. The molecule has 20 heavy (non-hydrogen) atoms. The van der Waals surface area contributed by atoms with E-state index in [0.29, 0.717) is 12.1 Å². The minimum atomic E-state index is -1.13. The van der Waals surface area contributed by atoms with Crippen LogP contribution in [0.15, 0.2) is 12.1 Å². The van der Waals surface area contributed by atoms with E-state index in [9.17, 15) is 18.9 Å². The van der Waals surface area contributed by atoms with Crippen LogP contribution in [0.2, 0.25) is 0 Å². The fraction of sp³-hybridized carbons (Fsp3) is 0.571. The fourth-order valence-electron chi connectivity index (χ4n) is 2.59. The summed E-state index contributed by atoms with van der Waals surface area (Å²) in [7, 11) is 0. The molecule has 0 spiro atoms. The monoisotopic (exact) mass is 284 g/mol. The SMILES string of the molecule is O=[N+]([O-])c1cc(CNC2CCCCCC2)c(F)cc1F. The van der Waals surface area contributed by atoms with Crippen molar-refractivity contribution in [2.75, 3.05) is 0 Å². The van der Waals surface area contributed by atoms with Gasteiger partial charge in [0.25, 0.3) is 0 Å². The number of hydrogen-bond donors (Lipinski definition) is 1. The van der Waals surface area contributed by atoms with E-state index < -0.39 is 22.2 Å². The molecule has 0 atom stereocenters. The zero-order chi connectivity index (χ0) is 14.5. The lowest BCUT2D eigenvalue weighted by Gasteiger charge is -2.16. The first kappa shape index (κ1) is 14.8. The average molecular weight is 284 g/mol. The molecule has 1 aliphatic rings. The second-order valence-electron chi connectivity index (χ2n) is 5.22. The largest absolute Gasteiger partial charge is 0.310 e. The Hall–Kier alpha value is -1.56. The Morgan fingerprint density at radius 1 is 1.15 bits per heavy atom. The van der Waals surface area contributed by atoms with E-state index in [-0.39, 0.29) is 12.1 Å². The Morgan fingerprint density at radius 3 is 2.40 bits per heavy atom. The molecule has 1 saturated carbocycles. The van der Waals surface area contributed by atoms with Crippen molar-refractivity contribution in [3.05, 3.63) is 39.4 Å². The number of halogens is 2. The van der Waals surface area contributed by atoms with Crippen molar-refractivity contribution >= 4 is 5.69 Å². The van der Waals surface area contributed by atoms with Gasteiger partial charge in [-0.15, -0.1) is 0 Å². The average Bonchev–Trinajstić information content (AvgIpc) is 2.66. The summed E-state index contributed by atoms with van der Waals surface area (Å²) in [5.74, 6) is -1.88. The minimum Gasteiger partial charge on any atom is -0.310 e. The van der Waals surface area contributed by atoms with E-state index in [4.69, 9.17) is 0 Å². The van der Waals surface area contributed by atoms with E-state index in [2.05, 4.69) is 5.32 Å². The molecule has 1 aliphatic carbocycles. The van der Waals surface area contributed by atoms with Gasteiger partial charge in [0.15, 0.2) is 0 Å². The number of benzene rings is 1. The molecule has 0 aromatic heterocycles. The van der Waals surface area contributed by atoms with Crippen LogP contribution < -0.4 is 5.32 Å². The minimum absolute atomic E-state index is 0.141. The summed E-state index contributed by atoms with van der Waals surface area (Å²) in [6.07, 6.45) is 6.78. The summed E-state index contributed by atoms with van der Waals surface area (Å²) in [5.41, 5.74) is -0.536. The molecule has 1 aromatic rings. The van der Waals surface area contributed by atoms with Gasteiger partial charge >= 0.3 is 5.69 Å². The summed E-state index contributed by atoms with van der Waals surface area (Å²) < 4.78 is 26.9. The molecular formula is C14H18F2N2O2. The third-order valence-electron chi connectivity index (χ3n) is 3.75. The summed E-state index contributed by atoms with van der Waals surface area (Å²) >= 11 is 0. The molecular weight excluding hydrogens is 266 g/mol. The zero-order valence-electron chi connectivity index (χ0n) is 11.2. The van der Waals surface area contributed by atoms with Gasteiger partial charge in [-0.1, -0.05) is 25.7 Å². The highest BCUT2D eigenvalue weighted by Crippen LogP contribution is 2.22. The van der Waals surface area contributed by atoms with Crippen LogP contribution in [-0.2, 0) is 6.54 Å². The third kappa shape index (κ3) is 3.72. The molecule has 4 nitrogen and oxygen atoms in total. The first-order valence-electron chi connectivity index (χ1n) is 6.93. The van der Waals surface area contributed by atoms with Gasteiger partial charge in [-0.25, -0.2) is 4.39 Å². The lowest BCUT2D eigenvalue weighted by Crippen LogP contribution is -2.28. The van der Waals surface area contributed by atoms with Crippen molar-refractivity contribution < 1.29 is 13.7 Å². The quantitative estimate of drug-likeness (QED) is 0.521. The smallest absolute Gasteiger partial charge is 0.305 e. The standard InChI is InChI=1S/C14H18F2N2O2/c15-12-8-13(16)14(18(19)20)7-10(12)9-17-11-5-3-1-2-4-6-11/h7-8,11,17H,1-6,9H2. The molecule has 0 amide bonds. The van der Waals surface area contributed by atoms with Crippen LogP contribution >= 0.6 is 0 Å². The van der Waals surface area contributed by atoms with Gasteiger partial charge in [0, 0.05) is 30.3 Å². The van der Waals surface area contributed by atoms with E-state index in [1.54, 1.807) is 0 Å². The zero-order valence-corrected chi connectivity index (χ0v) is 11.2. The molecule has 0 radical (unpaired) electrons. The normalized spacial score (nSPS) is 16.9. The van der Waals surface area contributed by atoms with E-state index in [0.717, 1.165) is 31.7 Å². The molecule has 0 aliphatic heterocycles. The Kier molecular flexibility index (Phi) is 5.00. The Bertz CT molecular complexity index is 486. The Balaban J connectivity index is 2.04. The molecule has 2 rings (SSSR count). The van der Waals surface area contributed by atoms with Gasteiger partial charge in [-0.3, -0.25) is 10.1 Å². The number of nitro groups is 1. The molecule has 0 unspecified atom stereocenters. The summed E-state index contributed by atoms with van der Waals surface area (Å²) in [6, 6.07) is 1.87. The first-order chi connectivity index (χ1) is 9.58. The molecule has 0 heterocycles. The highest BCUT2D eigenvalue weighted by Gasteiger charge is 2.19. The van der Waals surface area contributed by atoms with Crippen LogP contribution in [-0.4, -0.2) is 11.0 Å². The van der Waals surface area contributed by atoms with E-state index in [1.165, 1.54) is 12.8 Å². The molecule has 110 valence electrons.